The number of fused-ring (bicyclic) bond motifs is 13. The standard InChI is InChI=1S/C58H36N4/c1-3-18-37(19-4-1)40-22-7-8-27-48(40)56-59-55(38-20-5-2-6-21-38)60-57(61-56)62-52-33-16-12-26-45(52)46-35-34-39(36-53(46)62)41-28-17-29-47-44-25-11-15-32-51(44)58(54(41)47)49-30-13-9-23-42(49)43-24-10-14-31-50(43)58/h1-36H. The predicted molar refractivity (Wildman–Crippen MR) is 252 cm³/mol. The van der Waals surface area contributed by atoms with Gasteiger partial charge in [0, 0.05) is 21.9 Å². The van der Waals surface area contributed by atoms with E-state index in [4.69, 9.17) is 15.0 Å². The minimum atomic E-state index is -0.475. The average molecular weight is 789 g/mol. The maximum atomic E-state index is 5.39. The fourth-order valence-electron chi connectivity index (χ4n) is 10.6. The largest absolute Gasteiger partial charge is 0.278 e. The van der Waals surface area contributed by atoms with E-state index in [9.17, 15) is 0 Å². The van der Waals surface area contributed by atoms with Gasteiger partial charge in [0.1, 0.15) is 0 Å². The van der Waals surface area contributed by atoms with Gasteiger partial charge in [-0.05, 0) is 78.9 Å². The molecule has 9 aromatic carbocycles. The Balaban J connectivity index is 1.09. The van der Waals surface area contributed by atoms with Gasteiger partial charge in [-0.25, -0.2) is 4.98 Å². The van der Waals surface area contributed by atoms with Crippen molar-refractivity contribution in [3.63, 3.8) is 0 Å². The topological polar surface area (TPSA) is 43.6 Å². The van der Waals surface area contributed by atoms with Crippen molar-refractivity contribution in [1.82, 2.24) is 19.5 Å². The number of para-hydroxylation sites is 1. The molecule has 2 aliphatic carbocycles. The van der Waals surface area contributed by atoms with E-state index in [1.807, 2.05) is 24.3 Å². The summed E-state index contributed by atoms with van der Waals surface area (Å²) in [7, 11) is 0. The summed E-state index contributed by atoms with van der Waals surface area (Å²) >= 11 is 0. The van der Waals surface area contributed by atoms with Crippen LogP contribution in [0.25, 0.3) is 95.0 Å². The van der Waals surface area contributed by atoms with Crippen molar-refractivity contribution in [3.8, 4) is 73.2 Å². The van der Waals surface area contributed by atoms with E-state index in [-0.39, 0.29) is 0 Å². The smallest absolute Gasteiger partial charge is 0.238 e. The van der Waals surface area contributed by atoms with Crippen LogP contribution in [-0.2, 0) is 5.41 Å². The van der Waals surface area contributed by atoms with Gasteiger partial charge in [-0.3, -0.25) is 4.57 Å². The molecule has 2 heterocycles. The second-order valence-electron chi connectivity index (χ2n) is 16.3. The maximum absolute atomic E-state index is 5.39. The van der Waals surface area contributed by atoms with Gasteiger partial charge in [0.05, 0.1) is 16.4 Å². The Morgan fingerprint density at radius 3 is 1.50 bits per heavy atom. The van der Waals surface area contributed by atoms with Crippen molar-refractivity contribution in [2.24, 2.45) is 0 Å². The number of hydrogen-bond acceptors (Lipinski definition) is 3. The molecule has 0 unspecified atom stereocenters. The van der Waals surface area contributed by atoms with Crippen LogP contribution < -0.4 is 0 Å². The Morgan fingerprint density at radius 1 is 0.306 bits per heavy atom. The minimum Gasteiger partial charge on any atom is -0.278 e. The van der Waals surface area contributed by atoms with E-state index >= 15 is 0 Å². The van der Waals surface area contributed by atoms with Gasteiger partial charge >= 0.3 is 0 Å². The lowest BCUT2D eigenvalue weighted by atomic mass is 9.68. The van der Waals surface area contributed by atoms with Crippen molar-refractivity contribution in [3.05, 3.63) is 241 Å². The normalized spacial score (nSPS) is 13.0. The summed E-state index contributed by atoms with van der Waals surface area (Å²) in [5.41, 5.74) is 18.5. The third-order valence-corrected chi connectivity index (χ3v) is 13.1. The van der Waals surface area contributed by atoms with Crippen LogP contribution in [0.5, 0.6) is 0 Å². The van der Waals surface area contributed by atoms with Crippen LogP contribution in [0.2, 0.25) is 0 Å². The lowest BCUT2D eigenvalue weighted by Crippen LogP contribution is -2.26. The Labute approximate surface area is 359 Å². The van der Waals surface area contributed by atoms with Crippen LogP contribution in [0.1, 0.15) is 22.3 Å². The van der Waals surface area contributed by atoms with Gasteiger partial charge in [0.25, 0.3) is 0 Å². The third kappa shape index (κ3) is 4.86. The zero-order valence-corrected chi connectivity index (χ0v) is 33.6. The predicted octanol–water partition coefficient (Wildman–Crippen LogP) is 14.0. The van der Waals surface area contributed by atoms with Crippen molar-refractivity contribution in [2.45, 2.75) is 5.41 Å². The summed E-state index contributed by atoms with van der Waals surface area (Å²) in [6, 6.07) is 78.6. The molecule has 2 aromatic heterocycles. The molecule has 62 heavy (non-hydrogen) atoms. The minimum absolute atomic E-state index is 0.475. The van der Waals surface area contributed by atoms with Crippen molar-refractivity contribution < 1.29 is 0 Å². The molecule has 1 spiro atoms. The van der Waals surface area contributed by atoms with Crippen LogP contribution in [-0.4, -0.2) is 19.5 Å². The molecule has 11 aromatic rings. The van der Waals surface area contributed by atoms with Gasteiger partial charge in [0.15, 0.2) is 11.6 Å². The Morgan fingerprint density at radius 2 is 0.806 bits per heavy atom. The zero-order valence-electron chi connectivity index (χ0n) is 33.6. The molecule has 0 saturated carbocycles. The monoisotopic (exact) mass is 788 g/mol. The lowest BCUT2D eigenvalue weighted by molar-refractivity contribution is 0.796. The number of nitrogens with zero attached hydrogens (tertiary/aromatic N) is 4. The molecule has 0 atom stereocenters. The Hall–Kier alpha value is -8.21. The van der Waals surface area contributed by atoms with Gasteiger partial charge in [-0.1, -0.05) is 206 Å². The number of aromatic nitrogens is 4. The summed E-state index contributed by atoms with van der Waals surface area (Å²) in [5.74, 6) is 1.81. The average Bonchev–Trinajstić information content (AvgIpc) is 3.96. The maximum Gasteiger partial charge on any atom is 0.238 e. The second-order valence-corrected chi connectivity index (χ2v) is 16.3. The van der Waals surface area contributed by atoms with Crippen LogP contribution in [0.3, 0.4) is 0 Å². The first-order valence-electron chi connectivity index (χ1n) is 21.2. The SMILES string of the molecule is c1ccc(-c2nc(-c3ccccc3-c3ccccc3)nc(-n3c4ccccc4c4ccc(-c5cccc6c5C5(c7ccccc7-c7ccccc75)c5ccccc5-6)cc43)n2)cc1. The zero-order chi connectivity index (χ0) is 40.8. The summed E-state index contributed by atoms with van der Waals surface area (Å²) in [5, 5.41) is 2.28. The lowest BCUT2D eigenvalue weighted by Gasteiger charge is -2.32. The van der Waals surface area contributed by atoms with E-state index in [0.717, 1.165) is 49.6 Å². The van der Waals surface area contributed by atoms with Gasteiger partial charge in [-0.2, -0.15) is 9.97 Å². The Kier molecular flexibility index (Phi) is 7.49. The second kappa shape index (κ2) is 13.4. The molecule has 0 amide bonds. The highest BCUT2D eigenvalue weighted by Gasteiger charge is 2.52. The van der Waals surface area contributed by atoms with E-state index in [2.05, 4.69) is 199 Å². The van der Waals surface area contributed by atoms with Crippen LogP contribution in [0, 0.1) is 0 Å². The Bertz CT molecular complexity index is 3520. The molecule has 0 saturated heterocycles. The number of rotatable bonds is 5. The summed E-state index contributed by atoms with van der Waals surface area (Å²) in [4.78, 5) is 15.9. The molecule has 0 fully saturated rings. The molecule has 0 aliphatic heterocycles. The van der Waals surface area contributed by atoms with E-state index < -0.39 is 5.41 Å². The molecule has 4 heteroatoms. The first kappa shape index (κ1) is 34.6. The first-order valence-corrected chi connectivity index (χ1v) is 21.2. The van der Waals surface area contributed by atoms with Crippen LogP contribution in [0.15, 0.2) is 218 Å². The molecular weight excluding hydrogens is 753 g/mol. The molecule has 288 valence electrons. The van der Waals surface area contributed by atoms with E-state index in [0.29, 0.717) is 17.6 Å². The van der Waals surface area contributed by atoms with Crippen molar-refractivity contribution >= 4 is 21.8 Å². The van der Waals surface area contributed by atoms with Gasteiger partial charge in [0.2, 0.25) is 5.95 Å². The molecule has 0 N–H and O–H groups in total. The molecule has 4 nitrogen and oxygen atoms in total. The fraction of sp³-hybridized carbons (Fsp3) is 0.0172. The fourth-order valence-corrected chi connectivity index (χ4v) is 10.6. The highest BCUT2D eigenvalue weighted by atomic mass is 15.2. The molecule has 0 radical (unpaired) electrons. The molecule has 2 aliphatic rings. The van der Waals surface area contributed by atoms with Crippen LogP contribution in [0.4, 0.5) is 0 Å². The molecule has 0 bridgehead atoms. The summed E-state index contributed by atoms with van der Waals surface area (Å²) in [6.07, 6.45) is 0. The van der Waals surface area contributed by atoms with E-state index in [1.54, 1.807) is 0 Å². The van der Waals surface area contributed by atoms with Gasteiger partial charge in [-0.15, -0.1) is 0 Å². The first-order chi connectivity index (χ1) is 30.8. The summed E-state index contributed by atoms with van der Waals surface area (Å²) in [6.45, 7) is 0. The quantitative estimate of drug-likeness (QED) is 0.174. The highest BCUT2D eigenvalue weighted by Crippen LogP contribution is 2.64. The van der Waals surface area contributed by atoms with Crippen molar-refractivity contribution in [1.29, 1.82) is 0 Å². The number of benzene rings is 9. The number of hydrogen-bond donors (Lipinski definition) is 0. The highest BCUT2D eigenvalue weighted by molar-refractivity contribution is 6.10. The molecular formula is C58H36N4. The van der Waals surface area contributed by atoms with Crippen LogP contribution >= 0.6 is 0 Å². The third-order valence-electron chi connectivity index (χ3n) is 13.1. The van der Waals surface area contributed by atoms with Gasteiger partial charge < -0.3 is 0 Å². The van der Waals surface area contributed by atoms with Crippen molar-refractivity contribution in [2.75, 3.05) is 0 Å². The molecule has 13 rings (SSSR count). The van der Waals surface area contributed by atoms with E-state index in [1.165, 1.54) is 50.1 Å². The summed E-state index contributed by atoms with van der Waals surface area (Å²) < 4.78 is 2.24.